The first-order chi connectivity index (χ1) is 15.4. The summed E-state index contributed by atoms with van der Waals surface area (Å²) in [6.45, 7) is 0. The standard InChI is InChI=1S/C21H23F3N2O5S2/c1-33(30,31)13-19(28)26-20(29)17(10-5-11-32-12-18(27)21(22,23)24)25-16-9-4-7-14-6-2-3-8-15(14)16/h2-4,6-9,17,25H,5,10-13H2,1H3,(H,26,28,29)/t17-/m0/s1. The summed E-state index contributed by atoms with van der Waals surface area (Å²) in [5.41, 5.74) is 0.601. The van der Waals surface area contributed by atoms with E-state index in [1.165, 1.54) is 0 Å². The number of alkyl halides is 3. The minimum atomic E-state index is -4.88. The summed E-state index contributed by atoms with van der Waals surface area (Å²) in [6.07, 6.45) is -3.62. The van der Waals surface area contributed by atoms with Crippen molar-refractivity contribution >= 4 is 55.7 Å². The van der Waals surface area contributed by atoms with Gasteiger partial charge in [0.05, 0.1) is 5.75 Å². The first-order valence-electron chi connectivity index (χ1n) is 9.80. The van der Waals surface area contributed by atoms with Crippen LogP contribution in [-0.4, -0.2) is 61.7 Å². The summed E-state index contributed by atoms with van der Waals surface area (Å²) in [5.74, 6) is -4.95. The van der Waals surface area contributed by atoms with Crippen molar-refractivity contribution in [2.24, 2.45) is 0 Å². The van der Waals surface area contributed by atoms with Gasteiger partial charge in [0.1, 0.15) is 11.8 Å². The van der Waals surface area contributed by atoms with E-state index in [-0.39, 0.29) is 18.6 Å². The van der Waals surface area contributed by atoms with Gasteiger partial charge in [-0.25, -0.2) is 8.42 Å². The fraction of sp³-hybridized carbons (Fsp3) is 0.381. The third kappa shape index (κ3) is 9.04. The summed E-state index contributed by atoms with van der Waals surface area (Å²) >= 11 is 0.797. The maximum atomic E-state index is 12.7. The average Bonchev–Trinajstić information content (AvgIpc) is 2.70. The molecule has 0 bridgehead atoms. The lowest BCUT2D eigenvalue weighted by Gasteiger charge is -2.20. The molecule has 7 nitrogen and oxygen atoms in total. The Morgan fingerprint density at radius 1 is 1.06 bits per heavy atom. The Morgan fingerprint density at radius 2 is 1.73 bits per heavy atom. The number of rotatable bonds is 11. The zero-order valence-electron chi connectivity index (χ0n) is 17.6. The molecule has 180 valence electrons. The second kappa shape index (κ2) is 11.5. The van der Waals surface area contributed by atoms with Crippen molar-refractivity contribution in [2.75, 3.05) is 28.8 Å². The molecule has 33 heavy (non-hydrogen) atoms. The number of hydrogen-bond acceptors (Lipinski definition) is 7. The van der Waals surface area contributed by atoms with E-state index >= 15 is 0 Å². The van der Waals surface area contributed by atoms with Gasteiger partial charge in [-0.05, 0) is 30.0 Å². The fourth-order valence-electron chi connectivity index (χ4n) is 2.94. The van der Waals surface area contributed by atoms with Gasteiger partial charge in [0.2, 0.25) is 17.6 Å². The highest BCUT2D eigenvalue weighted by atomic mass is 32.2. The predicted octanol–water partition coefficient (Wildman–Crippen LogP) is 2.95. The number of Topliss-reactive ketones (excluding diaryl/α,β-unsaturated/α-hetero) is 1. The van der Waals surface area contributed by atoms with Crippen molar-refractivity contribution in [2.45, 2.75) is 25.1 Å². The van der Waals surface area contributed by atoms with E-state index in [0.29, 0.717) is 5.69 Å². The third-order valence-corrected chi connectivity index (χ3v) is 6.25. The smallest absolute Gasteiger partial charge is 0.373 e. The van der Waals surface area contributed by atoms with Crippen molar-refractivity contribution in [3.05, 3.63) is 42.5 Å². The number of halogens is 3. The Morgan fingerprint density at radius 3 is 2.39 bits per heavy atom. The number of amides is 2. The topological polar surface area (TPSA) is 109 Å². The number of carbonyl (C=O) groups is 3. The summed E-state index contributed by atoms with van der Waals surface area (Å²) < 4.78 is 59.5. The molecule has 0 aromatic heterocycles. The van der Waals surface area contributed by atoms with Gasteiger partial charge in [-0.3, -0.25) is 19.7 Å². The number of benzene rings is 2. The molecule has 12 heteroatoms. The summed E-state index contributed by atoms with van der Waals surface area (Å²) in [7, 11) is -3.64. The first kappa shape index (κ1) is 26.7. The second-order valence-electron chi connectivity index (χ2n) is 7.32. The average molecular weight is 505 g/mol. The number of carbonyl (C=O) groups excluding carboxylic acids is 3. The number of imide groups is 1. The molecule has 2 rings (SSSR count). The molecule has 0 saturated heterocycles. The van der Waals surface area contributed by atoms with Gasteiger partial charge in [0.25, 0.3) is 0 Å². The summed E-state index contributed by atoms with van der Waals surface area (Å²) in [4.78, 5) is 35.5. The molecule has 0 heterocycles. The van der Waals surface area contributed by atoms with E-state index in [1.807, 2.05) is 30.3 Å². The molecule has 0 unspecified atom stereocenters. The van der Waals surface area contributed by atoms with Gasteiger partial charge >= 0.3 is 6.18 Å². The number of sulfone groups is 1. The van der Waals surface area contributed by atoms with Crippen LogP contribution in [0.1, 0.15) is 12.8 Å². The van der Waals surface area contributed by atoms with Crippen molar-refractivity contribution in [1.29, 1.82) is 0 Å². The lowest BCUT2D eigenvalue weighted by atomic mass is 10.1. The molecule has 2 amide bonds. The Kier molecular flexibility index (Phi) is 9.29. The zero-order chi connectivity index (χ0) is 24.6. The number of thioether (sulfide) groups is 1. The molecule has 2 aromatic carbocycles. The fourth-order valence-corrected chi connectivity index (χ4v) is 4.36. The van der Waals surface area contributed by atoms with Crippen LogP contribution >= 0.6 is 11.8 Å². The van der Waals surface area contributed by atoms with Gasteiger partial charge < -0.3 is 5.32 Å². The van der Waals surface area contributed by atoms with Crippen LogP contribution in [0.3, 0.4) is 0 Å². The van der Waals surface area contributed by atoms with E-state index in [1.54, 1.807) is 12.1 Å². The van der Waals surface area contributed by atoms with E-state index in [2.05, 4.69) is 10.6 Å². The molecule has 0 radical (unpaired) electrons. The third-order valence-electron chi connectivity index (χ3n) is 4.42. The van der Waals surface area contributed by atoms with E-state index in [9.17, 15) is 36.0 Å². The van der Waals surface area contributed by atoms with Gasteiger partial charge in [-0.2, -0.15) is 24.9 Å². The molecular weight excluding hydrogens is 481 g/mol. The lowest BCUT2D eigenvalue weighted by Crippen LogP contribution is -2.44. The van der Waals surface area contributed by atoms with Crippen LogP contribution in [0.2, 0.25) is 0 Å². The van der Waals surface area contributed by atoms with Crippen LogP contribution in [0.15, 0.2) is 42.5 Å². The van der Waals surface area contributed by atoms with E-state index < -0.39 is 51.2 Å². The van der Waals surface area contributed by atoms with Crippen LogP contribution < -0.4 is 10.6 Å². The van der Waals surface area contributed by atoms with Crippen LogP contribution in [0.4, 0.5) is 18.9 Å². The highest BCUT2D eigenvalue weighted by molar-refractivity contribution is 7.99. The number of nitrogens with one attached hydrogen (secondary N) is 2. The quantitative estimate of drug-likeness (QED) is 0.453. The largest absolute Gasteiger partial charge is 0.450 e. The van der Waals surface area contributed by atoms with Crippen LogP contribution in [0.25, 0.3) is 10.8 Å². The van der Waals surface area contributed by atoms with Crippen molar-refractivity contribution in [3.8, 4) is 0 Å². The summed E-state index contributed by atoms with van der Waals surface area (Å²) in [6, 6.07) is 11.8. The molecular formula is C21H23F3N2O5S2. The van der Waals surface area contributed by atoms with Gasteiger partial charge in [0, 0.05) is 17.3 Å². The minimum Gasteiger partial charge on any atom is -0.373 e. The van der Waals surface area contributed by atoms with Gasteiger partial charge in [-0.1, -0.05) is 36.4 Å². The number of fused-ring (bicyclic) bond motifs is 1. The maximum Gasteiger partial charge on any atom is 0.450 e. The second-order valence-corrected chi connectivity index (χ2v) is 10.6. The maximum absolute atomic E-state index is 12.7. The van der Waals surface area contributed by atoms with Gasteiger partial charge in [0.15, 0.2) is 9.84 Å². The van der Waals surface area contributed by atoms with Crippen molar-refractivity contribution in [1.82, 2.24) is 5.32 Å². The molecule has 0 aliphatic rings. The van der Waals surface area contributed by atoms with Crippen LogP contribution in [0, 0.1) is 0 Å². The Bertz CT molecular complexity index is 1120. The molecule has 1 atom stereocenters. The highest BCUT2D eigenvalue weighted by Gasteiger charge is 2.37. The van der Waals surface area contributed by atoms with Gasteiger partial charge in [-0.15, -0.1) is 0 Å². The molecule has 0 aliphatic heterocycles. The summed E-state index contributed by atoms with van der Waals surface area (Å²) in [5, 5.41) is 6.81. The monoisotopic (exact) mass is 504 g/mol. The number of ketones is 1. The van der Waals surface area contributed by atoms with Crippen molar-refractivity contribution < 1.29 is 36.0 Å². The molecule has 0 aliphatic carbocycles. The molecule has 2 aromatic rings. The van der Waals surface area contributed by atoms with E-state index in [0.717, 1.165) is 28.8 Å². The molecule has 0 saturated carbocycles. The van der Waals surface area contributed by atoms with E-state index in [4.69, 9.17) is 0 Å². The normalized spacial score (nSPS) is 12.8. The zero-order valence-corrected chi connectivity index (χ0v) is 19.3. The molecule has 2 N–H and O–H groups in total. The minimum absolute atomic E-state index is 0.133. The highest BCUT2D eigenvalue weighted by Crippen LogP contribution is 2.25. The molecule has 0 spiro atoms. The van der Waals surface area contributed by atoms with Crippen LogP contribution in [0.5, 0.6) is 0 Å². The number of hydrogen-bond donors (Lipinski definition) is 2. The van der Waals surface area contributed by atoms with Crippen LogP contribution in [-0.2, 0) is 24.2 Å². The predicted molar refractivity (Wildman–Crippen MR) is 122 cm³/mol. The molecule has 0 fully saturated rings. The first-order valence-corrected chi connectivity index (χ1v) is 13.0. The number of anilines is 1. The Balaban J connectivity index is 2.08. The lowest BCUT2D eigenvalue weighted by molar-refractivity contribution is -0.167. The van der Waals surface area contributed by atoms with Crippen molar-refractivity contribution in [3.63, 3.8) is 0 Å². The SMILES string of the molecule is CS(=O)(=O)CC(=O)NC(=O)[C@H](CCCSCC(=O)C(F)(F)F)Nc1cccc2ccccc12. The Hall–Kier alpha value is -2.60. The Labute approximate surface area is 193 Å².